The van der Waals surface area contributed by atoms with Crippen LogP contribution in [0.5, 0.6) is 0 Å². The van der Waals surface area contributed by atoms with E-state index in [1.807, 2.05) is 24.3 Å². The molecule has 0 aliphatic heterocycles. The maximum absolute atomic E-state index is 10.6. The summed E-state index contributed by atoms with van der Waals surface area (Å²) in [7, 11) is 0. The molecule has 0 unspecified atom stereocenters. The Labute approximate surface area is 99.0 Å². The van der Waals surface area contributed by atoms with E-state index in [1.165, 1.54) is 0 Å². The highest BCUT2D eigenvalue weighted by atomic mass is 35.5. The third-order valence-corrected chi connectivity index (χ3v) is 3.25. The van der Waals surface area contributed by atoms with Crippen molar-refractivity contribution in [1.82, 2.24) is 0 Å². The molecule has 86 valence electrons. The molecule has 1 N–H and O–H groups in total. The summed E-state index contributed by atoms with van der Waals surface area (Å²) in [5, 5.41) is 9.40. The van der Waals surface area contributed by atoms with E-state index in [-0.39, 0.29) is 12.0 Å². The first-order valence-corrected chi connectivity index (χ1v) is 5.62. The van der Waals surface area contributed by atoms with Gasteiger partial charge in [-0.2, -0.15) is 0 Å². The Balaban J connectivity index is 1.78. The van der Waals surface area contributed by atoms with Gasteiger partial charge in [0.05, 0.1) is 18.6 Å². The molecule has 0 radical (unpaired) electrons. The first kappa shape index (κ1) is 11.4. The Morgan fingerprint density at radius 3 is 2.75 bits per heavy atom. The molecule has 16 heavy (non-hydrogen) atoms. The minimum atomic E-state index is -0.724. The van der Waals surface area contributed by atoms with Gasteiger partial charge in [0.1, 0.15) is 0 Å². The van der Waals surface area contributed by atoms with Crippen LogP contribution in [0.2, 0.25) is 5.02 Å². The van der Waals surface area contributed by atoms with Crippen molar-refractivity contribution in [3.63, 3.8) is 0 Å². The average Bonchev–Trinajstić information content (AvgIpc) is 2.17. The predicted molar refractivity (Wildman–Crippen MR) is 60.4 cm³/mol. The van der Waals surface area contributed by atoms with Crippen LogP contribution in [0.15, 0.2) is 24.3 Å². The lowest BCUT2D eigenvalue weighted by atomic mass is 9.82. The standard InChI is InChI=1S/C12H13ClO3/c13-11-4-2-1-3-8(11)7-16-10-5-9(6-10)12(14)15/h1-4,9-10H,5-7H2,(H,14,15). The van der Waals surface area contributed by atoms with Crippen molar-refractivity contribution >= 4 is 17.6 Å². The van der Waals surface area contributed by atoms with E-state index in [9.17, 15) is 4.79 Å². The van der Waals surface area contributed by atoms with Crippen LogP contribution < -0.4 is 0 Å². The van der Waals surface area contributed by atoms with Crippen LogP contribution in [0.25, 0.3) is 0 Å². The number of hydrogen-bond acceptors (Lipinski definition) is 2. The zero-order valence-electron chi connectivity index (χ0n) is 8.73. The Hall–Kier alpha value is -1.06. The number of halogens is 1. The smallest absolute Gasteiger partial charge is 0.306 e. The SMILES string of the molecule is O=C(O)C1CC(OCc2ccccc2Cl)C1. The molecule has 0 saturated heterocycles. The van der Waals surface area contributed by atoms with Crippen molar-refractivity contribution in [2.45, 2.75) is 25.6 Å². The molecule has 1 aliphatic carbocycles. The maximum atomic E-state index is 10.6. The summed E-state index contributed by atoms with van der Waals surface area (Å²) in [4.78, 5) is 10.6. The summed E-state index contributed by atoms with van der Waals surface area (Å²) in [5.74, 6) is -0.950. The Morgan fingerprint density at radius 1 is 1.44 bits per heavy atom. The van der Waals surface area contributed by atoms with Gasteiger partial charge >= 0.3 is 5.97 Å². The summed E-state index contributed by atoms with van der Waals surface area (Å²) in [5.41, 5.74) is 0.947. The normalized spacial score (nSPS) is 23.8. The van der Waals surface area contributed by atoms with Crippen LogP contribution in [0, 0.1) is 5.92 Å². The molecule has 0 atom stereocenters. The largest absolute Gasteiger partial charge is 0.481 e. The molecular formula is C12H13ClO3. The third kappa shape index (κ3) is 2.54. The lowest BCUT2D eigenvalue weighted by Crippen LogP contribution is -2.36. The number of benzene rings is 1. The van der Waals surface area contributed by atoms with Gasteiger partial charge in [-0.25, -0.2) is 0 Å². The molecule has 0 aromatic heterocycles. The molecule has 1 aromatic carbocycles. The zero-order valence-corrected chi connectivity index (χ0v) is 9.48. The van der Waals surface area contributed by atoms with Crippen LogP contribution in [-0.4, -0.2) is 17.2 Å². The Bertz CT molecular complexity index is 386. The molecular weight excluding hydrogens is 228 g/mol. The second-order valence-corrected chi connectivity index (χ2v) is 4.44. The summed E-state index contributed by atoms with van der Waals surface area (Å²) in [6.07, 6.45) is 1.29. The molecule has 1 fully saturated rings. The average molecular weight is 241 g/mol. The summed E-state index contributed by atoms with van der Waals surface area (Å²) >= 11 is 5.97. The van der Waals surface area contributed by atoms with Gasteiger partial charge in [0, 0.05) is 5.02 Å². The van der Waals surface area contributed by atoms with Crippen molar-refractivity contribution < 1.29 is 14.6 Å². The van der Waals surface area contributed by atoms with E-state index < -0.39 is 5.97 Å². The van der Waals surface area contributed by atoms with Gasteiger partial charge in [-0.3, -0.25) is 4.79 Å². The van der Waals surface area contributed by atoms with Crippen molar-refractivity contribution in [1.29, 1.82) is 0 Å². The molecule has 0 heterocycles. The van der Waals surface area contributed by atoms with Crippen molar-refractivity contribution in [2.75, 3.05) is 0 Å². The van der Waals surface area contributed by atoms with Crippen LogP contribution in [0.4, 0.5) is 0 Å². The molecule has 0 amide bonds. The van der Waals surface area contributed by atoms with Gasteiger partial charge in [0.25, 0.3) is 0 Å². The summed E-state index contributed by atoms with van der Waals surface area (Å²) in [6.45, 7) is 0.455. The van der Waals surface area contributed by atoms with E-state index in [1.54, 1.807) is 0 Å². The second kappa shape index (κ2) is 4.85. The topological polar surface area (TPSA) is 46.5 Å². The number of carboxylic acids is 1. The molecule has 1 aliphatic rings. The number of carbonyl (C=O) groups is 1. The quantitative estimate of drug-likeness (QED) is 0.880. The number of carboxylic acid groups (broad SMARTS) is 1. The summed E-state index contributed by atoms with van der Waals surface area (Å²) in [6, 6.07) is 7.51. The summed E-state index contributed by atoms with van der Waals surface area (Å²) < 4.78 is 5.58. The lowest BCUT2D eigenvalue weighted by molar-refractivity contribution is -0.151. The molecule has 2 rings (SSSR count). The second-order valence-electron chi connectivity index (χ2n) is 4.03. The fourth-order valence-corrected chi connectivity index (χ4v) is 1.92. The van der Waals surface area contributed by atoms with Gasteiger partial charge in [-0.1, -0.05) is 29.8 Å². The van der Waals surface area contributed by atoms with Crippen molar-refractivity contribution in [2.24, 2.45) is 5.92 Å². The minimum Gasteiger partial charge on any atom is -0.481 e. The van der Waals surface area contributed by atoms with Crippen LogP contribution in [0.1, 0.15) is 18.4 Å². The van der Waals surface area contributed by atoms with Gasteiger partial charge in [0.15, 0.2) is 0 Å². The Morgan fingerprint density at radius 2 is 2.12 bits per heavy atom. The minimum absolute atomic E-state index is 0.0670. The Kier molecular flexibility index (Phi) is 3.46. The van der Waals surface area contributed by atoms with Gasteiger partial charge in [0.2, 0.25) is 0 Å². The van der Waals surface area contributed by atoms with E-state index in [4.69, 9.17) is 21.4 Å². The highest BCUT2D eigenvalue weighted by molar-refractivity contribution is 6.31. The number of ether oxygens (including phenoxy) is 1. The first-order valence-electron chi connectivity index (χ1n) is 5.24. The predicted octanol–water partition coefficient (Wildman–Crippen LogP) is 2.72. The van der Waals surface area contributed by atoms with Crippen molar-refractivity contribution in [3.8, 4) is 0 Å². The van der Waals surface area contributed by atoms with E-state index in [2.05, 4.69) is 0 Å². The maximum Gasteiger partial charge on any atom is 0.306 e. The van der Waals surface area contributed by atoms with Crippen LogP contribution in [0.3, 0.4) is 0 Å². The zero-order chi connectivity index (χ0) is 11.5. The van der Waals surface area contributed by atoms with E-state index in [0.29, 0.717) is 24.5 Å². The highest BCUT2D eigenvalue weighted by Crippen LogP contribution is 2.31. The molecule has 1 aromatic rings. The molecule has 3 nitrogen and oxygen atoms in total. The fourth-order valence-electron chi connectivity index (χ4n) is 1.73. The number of rotatable bonds is 4. The number of aliphatic carboxylic acids is 1. The molecule has 0 bridgehead atoms. The molecule has 1 saturated carbocycles. The van der Waals surface area contributed by atoms with Crippen LogP contribution in [-0.2, 0) is 16.1 Å². The third-order valence-electron chi connectivity index (χ3n) is 2.88. The first-order chi connectivity index (χ1) is 7.66. The van der Waals surface area contributed by atoms with Crippen LogP contribution >= 0.6 is 11.6 Å². The monoisotopic (exact) mass is 240 g/mol. The van der Waals surface area contributed by atoms with E-state index >= 15 is 0 Å². The van der Waals surface area contributed by atoms with Gasteiger partial charge in [-0.05, 0) is 24.5 Å². The highest BCUT2D eigenvalue weighted by Gasteiger charge is 2.35. The van der Waals surface area contributed by atoms with Gasteiger partial charge < -0.3 is 9.84 Å². The van der Waals surface area contributed by atoms with Gasteiger partial charge in [-0.15, -0.1) is 0 Å². The fraction of sp³-hybridized carbons (Fsp3) is 0.417. The van der Waals surface area contributed by atoms with E-state index in [0.717, 1.165) is 5.56 Å². The number of hydrogen-bond donors (Lipinski definition) is 1. The molecule has 4 heteroatoms. The molecule has 0 spiro atoms. The lowest BCUT2D eigenvalue weighted by Gasteiger charge is -2.32. The van der Waals surface area contributed by atoms with Crippen molar-refractivity contribution in [3.05, 3.63) is 34.9 Å².